The fourth-order valence-electron chi connectivity index (χ4n) is 1.66. The Morgan fingerprint density at radius 2 is 2.00 bits per heavy atom. The van der Waals surface area contributed by atoms with Crippen molar-refractivity contribution < 1.29 is 19.9 Å². The molecule has 0 aliphatic heterocycles. The lowest BCUT2D eigenvalue weighted by Gasteiger charge is -2.22. The van der Waals surface area contributed by atoms with Crippen LogP contribution in [0.2, 0.25) is 0 Å². The van der Waals surface area contributed by atoms with Crippen molar-refractivity contribution in [2.24, 2.45) is 5.73 Å². The number of nitro benzene ring substituents is 1. The Kier molecular flexibility index (Phi) is 6.04. The Morgan fingerprint density at radius 1 is 1.40 bits per heavy atom. The molecule has 0 saturated heterocycles. The molecule has 2 atom stereocenters. The van der Waals surface area contributed by atoms with Crippen LogP contribution in [-0.4, -0.2) is 40.2 Å². The molecule has 110 valence electrons. The summed E-state index contributed by atoms with van der Waals surface area (Å²) in [6.07, 6.45) is -1.08. The molecule has 20 heavy (non-hydrogen) atoms. The molecular weight excluding hydrogens is 266 g/mol. The summed E-state index contributed by atoms with van der Waals surface area (Å²) in [7, 11) is 0. The van der Waals surface area contributed by atoms with E-state index in [0.29, 0.717) is 5.56 Å². The molecule has 0 aliphatic carbocycles. The Bertz CT molecular complexity index is 463. The molecule has 1 aromatic rings. The van der Waals surface area contributed by atoms with Gasteiger partial charge in [0.25, 0.3) is 5.69 Å². The van der Waals surface area contributed by atoms with Crippen molar-refractivity contribution in [3.05, 3.63) is 39.9 Å². The highest BCUT2D eigenvalue weighted by Gasteiger charge is 2.22. The number of nitrogens with one attached hydrogen (secondary N) is 1. The molecule has 1 amide bonds. The number of aliphatic hydroxyl groups excluding tert-OH is 2. The van der Waals surface area contributed by atoms with Crippen molar-refractivity contribution in [3.63, 3.8) is 0 Å². The van der Waals surface area contributed by atoms with Crippen LogP contribution in [0.1, 0.15) is 18.1 Å². The van der Waals surface area contributed by atoms with Crippen molar-refractivity contribution in [1.82, 2.24) is 5.32 Å². The smallest absolute Gasteiger partial charge is 0.269 e. The van der Waals surface area contributed by atoms with Gasteiger partial charge < -0.3 is 21.3 Å². The van der Waals surface area contributed by atoms with Crippen LogP contribution in [-0.2, 0) is 4.79 Å². The van der Waals surface area contributed by atoms with Gasteiger partial charge in [-0.25, -0.2) is 0 Å². The molecule has 0 spiro atoms. The second-order valence-electron chi connectivity index (χ2n) is 4.19. The molecule has 0 fully saturated rings. The number of hydrogen-bond acceptors (Lipinski definition) is 6. The number of nitrogens with two attached hydrogens (primary N) is 1. The van der Waals surface area contributed by atoms with Crippen LogP contribution in [0.15, 0.2) is 24.3 Å². The van der Waals surface area contributed by atoms with Crippen molar-refractivity contribution in [1.29, 1.82) is 0 Å². The Morgan fingerprint density at radius 3 is 2.45 bits per heavy atom. The van der Waals surface area contributed by atoms with Gasteiger partial charge in [-0.1, -0.05) is 0 Å². The lowest BCUT2D eigenvalue weighted by atomic mass is 10.0. The Labute approximate surface area is 115 Å². The monoisotopic (exact) mass is 283 g/mol. The van der Waals surface area contributed by atoms with Crippen LogP contribution < -0.4 is 11.1 Å². The van der Waals surface area contributed by atoms with E-state index < -0.39 is 23.7 Å². The number of non-ortho nitro benzene ring substituents is 1. The zero-order valence-corrected chi connectivity index (χ0v) is 10.7. The number of carbonyl (C=O) groups excluding carboxylic acids is 1. The van der Waals surface area contributed by atoms with Gasteiger partial charge in [0.15, 0.2) is 0 Å². The predicted octanol–water partition coefficient (Wildman–Crippen LogP) is -0.546. The van der Waals surface area contributed by atoms with Gasteiger partial charge in [-0.2, -0.15) is 0 Å². The van der Waals surface area contributed by atoms with Crippen molar-refractivity contribution >= 4 is 11.6 Å². The third-order valence-electron chi connectivity index (χ3n) is 2.74. The molecule has 0 radical (unpaired) electrons. The molecule has 0 unspecified atom stereocenters. The molecule has 1 rings (SSSR count). The second kappa shape index (κ2) is 7.53. The van der Waals surface area contributed by atoms with E-state index in [-0.39, 0.29) is 24.6 Å². The minimum atomic E-state index is -1.16. The maximum absolute atomic E-state index is 11.4. The van der Waals surface area contributed by atoms with E-state index in [2.05, 4.69) is 5.32 Å². The van der Waals surface area contributed by atoms with E-state index in [4.69, 9.17) is 5.73 Å². The number of amides is 1. The van der Waals surface area contributed by atoms with E-state index in [0.717, 1.165) is 0 Å². The number of rotatable bonds is 7. The van der Waals surface area contributed by atoms with Crippen LogP contribution in [0.5, 0.6) is 0 Å². The van der Waals surface area contributed by atoms with E-state index in [1.54, 1.807) is 0 Å². The van der Waals surface area contributed by atoms with E-state index in [9.17, 15) is 25.1 Å². The normalized spacial score (nSPS) is 13.6. The second-order valence-corrected chi connectivity index (χ2v) is 4.19. The molecule has 0 aliphatic rings. The summed E-state index contributed by atoms with van der Waals surface area (Å²) in [6.45, 7) is -0.300. The standard InChI is InChI=1S/C12H17N3O5/c13-6-5-11(17)14-10(7-16)12(18)8-1-3-9(4-2-8)15(19)20/h1-4,10,12,16,18H,5-7,13H2,(H,14,17)/t10-,12-/m1/s1. The molecule has 0 aromatic heterocycles. The Hall–Kier alpha value is -2.03. The zero-order valence-electron chi connectivity index (χ0n) is 10.7. The van der Waals surface area contributed by atoms with Crippen molar-refractivity contribution in [2.45, 2.75) is 18.6 Å². The predicted molar refractivity (Wildman–Crippen MR) is 70.7 cm³/mol. The number of aliphatic hydroxyl groups is 2. The fraction of sp³-hybridized carbons (Fsp3) is 0.417. The first kappa shape index (κ1) is 16.0. The van der Waals surface area contributed by atoms with Gasteiger partial charge in [-0.3, -0.25) is 14.9 Å². The van der Waals surface area contributed by atoms with Crippen LogP contribution in [0.3, 0.4) is 0 Å². The largest absolute Gasteiger partial charge is 0.394 e. The summed E-state index contributed by atoms with van der Waals surface area (Å²) < 4.78 is 0. The quantitative estimate of drug-likeness (QED) is 0.391. The topological polar surface area (TPSA) is 139 Å². The summed E-state index contributed by atoms with van der Waals surface area (Å²) in [6, 6.07) is 4.35. The highest BCUT2D eigenvalue weighted by Crippen LogP contribution is 2.20. The highest BCUT2D eigenvalue weighted by atomic mass is 16.6. The van der Waals surface area contributed by atoms with Gasteiger partial charge >= 0.3 is 0 Å². The summed E-state index contributed by atoms with van der Waals surface area (Å²) in [4.78, 5) is 21.4. The molecule has 5 N–H and O–H groups in total. The molecule has 0 saturated carbocycles. The highest BCUT2D eigenvalue weighted by molar-refractivity contribution is 5.76. The summed E-state index contributed by atoms with van der Waals surface area (Å²) in [5.41, 5.74) is 5.49. The number of hydrogen-bond donors (Lipinski definition) is 4. The van der Waals surface area contributed by atoms with Gasteiger partial charge in [0.05, 0.1) is 17.6 Å². The van der Waals surface area contributed by atoms with Crippen LogP contribution >= 0.6 is 0 Å². The molecule has 0 bridgehead atoms. The SMILES string of the molecule is NCCC(=O)N[C@H](CO)[C@H](O)c1ccc([N+](=O)[O-])cc1. The third-order valence-corrected chi connectivity index (χ3v) is 2.74. The average molecular weight is 283 g/mol. The van der Waals surface area contributed by atoms with Crippen LogP contribution in [0, 0.1) is 10.1 Å². The van der Waals surface area contributed by atoms with E-state index in [1.165, 1.54) is 24.3 Å². The number of carbonyl (C=O) groups is 1. The molecule has 1 aromatic carbocycles. The first-order valence-corrected chi connectivity index (χ1v) is 6.02. The van der Waals surface area contributed by atoms with E-state index in [1.807, 2.05) is 0 Å². The first-order valence-electron chi connectivity index (χ1n) is 6.02. The van der Waals surface area contributed by atoms with Gasteiger partial charge in [0.1, 0.15) is 6.10 Å². The third kappa shape index (κ3) is 4.26. The average Bonchev–Trinajstić information content (AvgIpc) is 2.44. The number of nitro groups is 1. The Balaban J connectivity index is 2.77. The minimum absolute atomic E-state index is 0.0868. The summed E-state index contributed by atoms with van der Waals surface area (Å²) in [5, 5.41) is 32.2. The van der Waals surface area contributed by atoms with Gasteiger partial charge in [0, 0.05) is 25.1 Å². The first-order chi connectivity index (χ1) is 9.49. The van der Waals surface area contributed by atoms with Crippen LogP contribution in [0.25, 0.3) is 0 Å². The molecule has 8 heteroatoms. The lowest BCUT2D eigenvalue weighted by molar-refractivity contribution is -0.384. The van der Waals surface area contributed by atoms with Gasteiger partial charge in [0.2, 0.25) is 5.91 Å². The van der Waals surface area contributed by atoms with Crippen molar-refractivity contribution in [2.75, 3.05) is 13.2 Å². The zero-order chi connectivity index (χ0) is 15.1. The molecule has 8 nitrogen and oxygen atoms in total. The summed E-state index contributed by atoms with van der Waals surface area (Å²) >= 11 is 0. The maximum Gasteiger partial charge on any atom is 0.269 e. The molecular formula is C12H17N3O5. The van der Waals surface area contributed by atoms with Gasteiger partial charge in [-0.05, 0) is 17.7 Å². The maximum atomic E-state index is 11.4. The number of nitrogens with zero attached hydrogens (tertiary/aromatic N) is 1. The lowest BCUT2D eigenvalue weighted by Crippen LogP contribution is -2.42. The summed E-state index contributed by atoms with van der Waals surface area (Å²) in [5.74, 6) is -0.382. The fourth-order valence-corrected chi connectivity index (χ4v) is 1.66. The molecule has 0 heterocycles. The van der Waals surface area contributed by atoms with E-state index >= 15 is 0 Å². The minimum Gasteiger partial charge on any atom is -0.394 e. The van der Waals surface area contributed by atoms with Gasteiger partial charge in [-0.15, -0.1) is 0 Å². The van der Waals surface area contributed by atoms with Crippen molar-refractivity contribution in [3.8, 4) is 0 Å². The van der Waals surface area contributed by atoms with Crippen LogP contribution in [0.4, 0.5) is 5.69 Å². The number of benzene rings is 1.